The third-order valence-corrected chi connectivity index (χ3v) is 4.71. The summed E-state index contributed by atoms with van der Waals surface area (Å²) in [4.78, 5) is 17.2. The minimum Gasteiger partial charge on any atom is -0.381 e. The van der Waals surface area contributed by atoms with Crippen molar-refractivity contribution >= 4 is 30.7 Å². The molecule has 2 N–H and O–H groups in total. The Hall–Kier alpha value is -0.110. The Morgan fingerprint density at radius 2 is 1.78 bits per heavy atom. The lowest BCUT2D eigenvalue weighted by molar-refractivity contribution is -0.149. The van der Waals surface area contributed by atoms with Crippen LogP contribution in [-0.4, -0.2) is 81.4 Å². The van der Waals surface area contributed by atoms with Crippen molar-refractivity contribution in [3.63, 3.8) is 0 Å². The van der Waals surface area contributed by atoms with Gasteiger partial charge in [-0.25, -0.2) is 0 Å². The molecule has 8 heteroatoms. The summed E-state index contributed by atoms with van der Waals surface area (Å²) in [5.74, 6) is 0.234. The second kappa shape index (κ2) is 11.4. The molecule has 2 fully saturated rings. The predicted octanol–water partition coefficient (Wildman–Crippen LogP) is 0.766. The van der Waals surface area contributed by atoms with Gasteiger partial charge in [0.05, 0.1) is 12.0 Å². The molecule has 0 atom stereocenters. The summed E-state index contributed by atoms with van der Waals surface area (Å²) in [6.45, 7) is 9.68. The maximum absolute atomic E-state index is 12.8. The van der Waals surface area contributed by atoms with Gasteiger partial charge in [-0.15, -0.1) is 24.8 Å². The summed E-state index contributed by atoms with van der Waals surface area (Å²) < 4.78 is 10.8. The van der Waals surface area contributed by atoms with Gasteiger partial charge in [0, 0.05) is 59.1 Å². The quantitative estimate of drug-likeness (QED) is 0.698. The van der Waals surface area contributed by atoms with E-state index in [2.05, 4.69) is 4.90 Å². The van der Waals surface area contributed by atoms with E-state index in [-0.39, 0.29) is 36.1 Å². The Labute approximate surface area is 151 Å². The van der Waals surface area contributed by atoms with E-state index in [1.807, 2.05) is 11.8 Å². The van der Waals surface area contributed by atoms with Crippen LogP contribution in [0.5, 0.6) is 0 Å². The summed E-state index contributed by atoms with van der Waals surface area (Å²) in [6.07, 6.45) is 1.51. The molecule has 1 amide bonds. The van der Waals surface area contributed by atoms with Crippen LogP contribution in [0.3, 0.4) is 0 Å². The Morgan fingerprint density at radius 1 is 1.17 bits per heavy atom. The number of amides is 1. The van der Waals surface area contributed by atoms with Gasteiger partial charge in [0.2, 0.25) is 5.91 Å². The molecule has 2 aliphatic heterocycles. The average molecular weight is 372 g/mol. The largest absolute Gasteiger partial charge is 0.381 e. The molecular formula is C15H31Cl2N3O3. The van der Waals surface area contributed by atoms with E-state index < -0.39 is 0 Å². The summed E-state index contributed by atoms with van der Waals surface area (Å²) >= 11 is 0. The Bertz CT molecular complexity index is 334. The molecule has 23 heavy (non-hydrogen) atoms. The van der Waals surface area contributed by atoms with Gasteiger partial charge < -0.3 is 20.1 Å². The van der Waals surface area contributed by atoms with Crippen molar-refractivity contribution in [2.75, 3.05) is 65.7 Å². The van der Waals surface area contributed by atoms with Gasteiger partial charge >= 0.3 is 0 Å². The summed E-state index contributed by atoms with van der Waals surface area (Å²) in [6, 6.07) is 0. The lowest BCUT2D eigenvalue weighted by Gasteiger charge is -2.42. The summed E-state index contributed by atoms with van der Waals surface area (Å²) in [7, 11) is 0. The SMILES string of the molecule is CCOCCN1CCN(C(=O)C2(CN)CCOCC2)CC1.Cl.Cl. The average Bonchev–Trinajstić information content (AvgIpc) is 2.56. The van der Waals surface area contributed by atoms with Crippen LogP contribution in [0.1, 0.15) is 19.8 Å². The summed E-state index contributed by atoms with van der Waals surface area (Å²) in [5.41, 5.74) is 5.54. The van der Waals surface area contributed by atoms with Crippen molar-refractivity contribution in [1.82, 2.24) is 9.80 Å². The zero-order valence-corrected chi connectivity index (χ0v) is 15.6. The predicted molar refractivity (Wildman–Crippen MR) is 95.5 cm³/mol. The molecule has 6 nitrogen and oxygen atoms in total. The van der Waals surface area contributed by atoms with Crippen LogP contribution in [0.25, 0.3) is 0 Å². The normalized spacial score (nSPS) is 21.2. The minimum absolute atomic E-state index is 0. The second-order valence-corrected chi connectivity index (χ2v) is 5.93. The first-order valence-corrected chi connectivity index (χ1v) is 8.09. The van der Waals surface area contributed by atoms with Gasteiger partial charge in [-0.05, 0) is 19.8 Å². The van der Waals surface area contributed by atoms with Gasteiger partial charge in [-0.1, -0.05) is 0 Å². The monoisotopic (exact) mass is 371 g/mol. The van der Waals surface area contributed by atoms with E-state index in [0.717, 1.165) is 58.8 Å². The Morgan fingerprint density at radius 3 is 2.30 bits per heavy atom. The molecular weight excluding hydrogens is 341 g/mol. The molecule has 0 unspecified atom stereocenters. The van der Waals surface area contributed by atoms with Crippen molar-refractivity contribution in [3.8, 4) is 0 Å². The van der Waals surface area contributed by atoms with Crippen LogP contribution >= 0.6 is 24.8 Å². The molecule has 0 aromatic rings. The fourth-order valence-electron chi connectivity index (χ4n) is 3.12. The molecule has 2 saturated heterocycles. The van der Waals surface area contributed by atoms with Crippen molar-refractivity contribution in [1.29, 1.82) is 0 Å². The fourth-order valence-corrected chi connectivity index (χ4v) is 3.12. The standard InChI is InChI=1S/C15H29N3O3.2ClH/c1-2-20-12-9-17-5-7-18(8-6-17)14(19)15(13-16)3-10-21-11-4-15;;/h2-13,16H2,1H3;2*1H. The van der Waals surface area contributed by atoms with Gasteiger partial charge in [0.25, 0.3) is 0 Å². The van der Waals surface area contributed by atoms with E-state index in [9.17, 15) is 4.79 Å². The van der Waals surface area contributed by atoms with E-state index in [4.69, 9.17) is 15.2 Å². The number of ether oxygens (including phenoxy) is 2. The number of carbonyl (C=O) groups excluding carboxylic acids is 1. The number of halogens is 2. The lowest BCUT2D eigenvalue weighted by atomic mass is 9.78. The van der Waals surface area contributed by atoms with E-state index in [1.54, 1.807) is 0 Å². The molecule has 2 heterocycles. The van der Waals surface area contributed by atoms with Gasteiger partial charge in [-0.2, -0.15) is 0 Å². The van der Waals surface area contributed by atoms with Crippen molar-refractivity contribution in [2.45, 2.75) is 19.8 Å². The third kappa shape index (κ3) is 6.03. The number of piperazine rings is 1. The van der Waals surface area contributed by atoms with Crippen LogP contribution < -0.4 is 5.73 Å². The maximum atomic E-state index is 12.8. The second-order valence-electron chi connectivity index (χ2n) is 5.93. The van der Waals surface area contributed by atoms with Crippen LogP contribution in [0.2, 0.25) is 0 Å². The van der Waals surface area contributed by atoms with Gasteiger partial charge in [0.15, 0.2) is 0 Å². The van der Waals surface area contributed by atoms with Gasteiger partial charge in [-0.3, -0.25) is 9.69 Å². The summed E-state index contributed by atoms with van der Waals surface area (Å²) in [5, 5.41) is 0. The topological polar surface area (TPSA) is 68.0 Å². The van der Waals surface area contributed by atoms with Crippen molar-refractivity contribution in [2.24, 2.45) is 11.1 Å². The first kappa shape index (κ1) is 22.9. The molecule has 2 rings (SSSR count). The molecule has 0 bridgehead atoms. The van der Waals surface area contributed by atoms with E-state index >= 15 is 0 Å². The first-order chi connectivity index (χ1) is 10.2. The highest BCUT2D eigenvalue weighted by Gasteiger charge is 2.41. The van der Waals surface area contributed by atoms with Gasteiger partial charge in [0.1, 0.15) is 0 Å². The molecule has 0 aliphatic carbocycles. The van der Waals surface area contributed by atoms with Crippen LogP contribution in [0, 0.1) is 5.41 Å². The molecule has 0 spiro atoms. The van der Waals surface area contributed by atoms with Crippen LogP contribution in [0.4, 0.5) is 0 Å². The van der Waals surface area contributed by atoms with Crippen LogP contribution in [-0.2, 0) is 14.3 Å². The molecule has 0 radical (unpaired) electrons. The number of nitrogens with two attached hydrogens (primary N) is 1. The van der Waals surface area contributed by atoms with E-state index in [1.165, 1.54) is 0 Å². The number of carbonyl (C=O) groups is 1. The highest BCUT2D eigenvalue weighted by molar-refractivity contribution is 5.85. The highest BCUT2D eigenvalue weighted by Crippen LogP contribution is 2.32. The highest BCUT2D eigenvalue weighted by atomic mass is 35.5. The third-order valence-electron chi connectivity index (χ3n) is 4.71. The molecule has 138 valence electrons. The number of rotatable bonds is 6. The van der Waals surface area contributed by atoms with E-state index in [0.29, 0.717) is 19.8 Å². The number of hydrogen-bond donors (Lipinski definition) is 1. The number of nitrogens with zero attached hydrogens (tertiary/aromatic N) is 2. The number of hydrogen-bond acceptors (Lipinski definition) is 5. The lowest BCUT2D eigenvalue weighted by Crippen LogP contribution is -2.56. The van der Waals surface area contributed by atoms with Crippen LogP contribution in [0.15, 0.2) is 0 Å². The Kier molecular flexibility index (Phi) is 11.4. The van der Waals surface area contributed by atoms with Crippen molar-refractivity contribution < 1.29 is 14.3 Å². The molecule has 0 saturated carbocycles. The smallest absolute Gasteiger partial charge is 0.230 e. The molecule has 0 aromatic heterocycles. The van der Waals surface area contributed by atoms with Crippen molar-refractivity contribution in [3.05, 3.63) is 0 Å². The minimum atomic E-state index is -0.383. The zero-order chi connectivity index (χ0) is 15.1. The molecule has 0 aromatic carbocycles. The zero-order valence-electron chi connectivity index (χ0n) is 14.0. The Balaban J connectivity index is 0.00000242. The first-order valence-electron chi connectivity index (χ1n) is 8.09. The maximum Gasteiger partial charge on any atom is 0.230 e. The fraction of sp³-hybridized carbons (Fsp3) is 0.933. The molecule has 2 aliphatic rings.